The van der Waals surface area contributed by atoms with Crippen LogP contribution >= 0.6 is 0 Å². The van der Waals surface area contributed by atoms with E-state index in [1.807, 2.05) is 0 Å². The topological polar surface area (TPSA) is 112 Å². The summed E-state index contributed by atoms with van der Waals surface area (Å²) in [4.78, 5) is 27.6. The monoisotopic (exact) mass is 374 g/mol. The van der Waals surface area contributed by atoms with Crippen molar-refractivity contribution in [1.29, 1.82) is 0 Å². The molecular weight excluding hydrogens is 352 g/mol. The molecule has 3 rings (SSSR count). The Bertz CT molecular complexity index is 860. The van der Waals surface area contributed by atoms with Gasteiger partial charge in [-0.25, -0.2) is 9.78 Å². The van der Waals surface area contributed by atoms with Crippen LogP contribution in [-0.2, 0) is 9.53 Å². The number of esters is 1. The van der Waals surface area contributed by atoms with Crippen LogP contribution in [0.4, 0.5) is 0 Å². The number of hydrogen-bond donors (Lipinski definition) is 1. The number of carbonyl (C=O) groups is 2. The maximum absolute atomic E-state index is 11.8. The standard InChI is InChI=1S/C19H22N2O6/c1-10-15(26-13-6-4-5-12(9-13)19(24)25-3)8-7-14(20-10)17-16(18(22)23)11(2)21-27-17/h7-8,12-13H,4-6,9H2,1-3H3,(H,22,23)/t12-,13-/m0/s1. The summed E-state index contributed by atoms with van der Waals surface area (Å²) in [6.07, 6.45) is 3.09. The molecule has 0 aliphatic heterocycles. The maximum atomic E-state index is 11.8. The molecule has 0 bridgehead atoms. The Morgan fingerprint density at radius 2 is 2.00 bits per heavy atom. The highest BCUT2D eigenvalue weighted by Gasteiger charge is 2.29. The van der Waals surface area contributed by atoms with E-state index < -0.39 is 5.97 Å². The van der Waals surface area contributed by atoms with Crippen molar-refractivity contribution in [2.45, 2.75) is 45.6 Å². The molecule has 1 fully saturated rings. The molecule has 0 saturated heterocycles. The third kappa shape index (κ3) is 3.94. The lowest BCUT2D eigenvalue weighted by Crippen LogP contribution is -2.30. The Labute approximate surface area is 156 Å². The fourth-order valence-corrected chi connectivity index (χ4v) is 3.41. The van der Waals surface area contributed by atoms with E-state index in [1.165, 1.54) is 7.11 Å². The van der Waals surface area contributed by atoms with Gasteiger partial charge in [0.15, 0.2) is 5.76 Å². The van der Waals surface area contributed by atoms with Crippen LogP contribution in [0.25, 0.3) is 11.5 Å². The van der Waals surface area contributed by atoms with E-state index in [1.54, 1.807) is 26.0 Å². The van der Waals surface area contributed by atoms with E-state index in [4.69, 9.17) is 14.0 Å². The molecule has 1 N–H and O–H groups in total. The van der Waals surface area contributed by atoms with Gasteiger partial charge in [0.25, 0.3) is 0 Å². The van der Waals surface area contributed by atoms with Crippen LogP contribution in [0.3, 0.4) is 0 Å². The molecule has 0 radical (unpaired) electrons. The van der Waals surface area contributed by atoms with Gasteiger partial charge >= 0.3 is 11.9 Å². The summed E-state index contributed by atoms with van der Waals surface area (Å²) < 4.78 is 16.0. The van der Waals surface area contributed by atoms with Gasteiger partial charge < -0.3 is 19.1 Å². The second-order valence-electron chi connectivity index (χ2n) is 6.68. The molecule has 1 aliphatic carbocycles. The quantitative estimate of drug-likeness (QED) is 0.794. The maximum Gasteiger partial charge on any atom is 0.341 e. The van der Waals surface area contributed by atoms with Gasteiger partial charge in [0.05, 0.1) is 30.5 Å². The number of carbonyl (C=O) groups excluding carboxylic acids is 1. The van der Waals surface area contributed by atoms with Gasteiger partial charge in [0.1, 0.15) is 17.0 Å². The van der Waals surface area contributed by atoms with Crippen LogP contribution in [-0.4, -0.2) is 40.4 Å². The third-order valence-corrected chi connectivity index (χ3v) is 4.80. The molecule has 2 atom stereocenters. The zero-order valence-electron chi connectivity index (χ0n) is 15.5. The number of nitrogens with zero attached hydrogens (tertiary/aromatic N) is 2. The molecule has 1 saturated carbocycles. The van der Waals surface area contributed by atoms with E-state index in [9.17, 15) is 14.7 Å². The number of hydrogen-bond acceptors (Lipinski definition) is 7. The Morgan fingerprint density at radius 1 is 1.22 bits per heavy atom. The van der Waals surface area contributed by atoms with Crippen molar-refractivity contribution >= 4 is 11.9 Å². The van der Waals surface area contributed by atoms with Crippen molar-refractivity contribution in [1.82, 2.24) is 10.1 Å². The Morgan fingerprint density at radius 3 is 2.67 bits per heavy atom. The molecular formula is C19H22N2O6. The molecule has 8 heteroatoms. The van der Waals surface area contributed by atoms with E-state index in [0.29, 0.717) is 29.3 Å². The van der Waals surface area contributed by atoms with E-state index in [2.05, 4.69) is 10.1 Å². The highest BCUT2D eigenvalue weighted by Crippen LogP contribution is 2.31. The normalized spacial score (nSPS) is 19.5. The molecule has 1 aliphatic rings. The van der Waals surface area contributed by atoms with E-state index in [-0.39, 0.29) is 29.3 Å². The van der Waals surface area contributed by atoms with Gasteiger partial charge in [-0.15, -0.1) is 0 Å². The first-order valence-corrected chi connectivity index (χ1v) is 8.82. The van der Waals surface area contributed by atoms with Crippen LogP contribution in [0.2, 0.25) is 0 Å². The molecule has 2 aromatic rings. The molecule has 2 heterocycles. The second-order valence-corrected chi connectivity index (χ2v) is 6.68. The number of carboxylic acids is 1. The summed E-state index contributed by atoms with van der Waals surface area (Å²) in [6.45, 7) is 3.35. The first-order valence-electron chi connectivity index (χ1n) is 8.82. The second kappa shape index (κ2) is 7.77. The van der Waals surface area contributed by atoms with Crippen LogP contribution in [0.15, 0.2) is 16.7 Å². The summed E-state index contributed by atoms with van der Waals surface area (Å²) in [7, 11) is 1.40. The average Bonchev–Trinajstić information content (AvgIpc) is 3.04. The average molecular weight is 374 g/mol. The van der Waals surface area contributed by atoms with Crippen LogP contribution < -0.4 is 4.74 Å². The van der Waals surface area contributed by atoms with E-state index in [0.717, 1.165) is 19.3 Å². The zero-order valence-corrected chi connectivity index (χ0v) is 15.5. The number of pyridine rings is 1. The largest absolute Gasteiger partial charge is 0.489 e. The molecule has 27 heavy (non-hydrogen) atoms. The van der Waals surface area contributed by atoms with Crippen LogP contribution in [0, 0.1) is 19.8 Å². The number of aromatic carboxylic acids is 1. The molecule has 8 nitrogen and oxygen atoms in total. The zero-order chi connectivity index (χ0) is 19.6. The number of ether oxygens (including phenoxy) is 2. The van der Waals surface area contributed by atoms with Crippen molar-refractivity contribution < 1.29 is 28.7 Å². The van der Waals surface area contributed by atoms with E-state index >= 15 is 0 Å². The molecule has 2 aromatic heterocycles. The van der Waals surface area contributed by atoms with Gasteiger partial charge in [0.2, 0.25) is 0 Å². The molecule has 0 unspecified atom stereocenters. The number of methoxy groups -OCH3 is 1. The number of aryl methyl sites for hydroxylation is 2. The predicted molar refractivity (Wildman–Crippen MR) is 94.6 cm³/mol. The van der Waals surface area contributed by atoms with Crippen LogP contribution in [0.1, 0.15) is 47.4 Å². The lowest BCUT2D eigenvalue weighted by atomic mass is 9.87. The SMILES string of the molecule is COC(=O)[C@H]1CCC[C@H](Oc2ccc(-c3onc(C)c3C(=O)O)nc2C)C1. The van der Waals surface area contributed by atoms with Crippen molar-refractivity contribution in [3.8, 4) is 17.2 Å². The van der Waals surface area contributed by atoms with Crippen molar-refractivity contribution in [3.05, 3.63) is 29.1 Å². The lowest BCUT2D eigenvalue weighted by Gasteiger charge is -2.28. The van der Waals surface area contributed by atoms with Gasteiger partial charge in [-0.2, -0.15) is 0 Å². The highest BCUT2D eigenvalue weighted by atomic mass is 16.5. The van der Waals surface area contributed by atoms with Crippen molar-refractivity contribution in [2.75, 3.05) is 7.11 Å². The fourth-order valence-electron chi connectivity index (χ4n) is 3.41. The van der Waals surface area contributed by atoms with Gasteiger partial charge in [0, 0.05) is 0 Å². The minimum Gasteiger partial charge on any atom is -0.489 e. The number of rotatable bonds is 5. The number of carboxylic acid groups (broad SMARTS) is 1. The molecule has 0 amide bonds. The molecule has 0 spiro atoms. The first kappa shape index (κ1) is 18.9. The lowest BCUT2D eigenvalue weighted by molar-refractivity contribution is -0.147. The van der Waals surface area contributed by atoms with Gasteiger partial charge in [-0.1, -0.05) is 5.16 Å². The van der Waals surface area contributed by atoms with Gasteiger partial charge in [-0.05, 0) is 51.7 Å². The minimum absolute atomic E-state index is 0.00349. The van der Waals surface area contributed by atoms with Crippen LogP contribution in [0.5, 0.6) is 5.75 Å². The smallest absolute Gasteiger partial charge is 0.341 e. The summed E-state index contributed by atoms with van der Waals surface area (Å²) in [6, 6.07) is 3.39. The predicted octanol–water partition coefficient (Wildman–Crippen LogP) is 3.16. The Kier molecular flexibility index (Phi) is 5.43. The summed E-state index contributed by atoms with van der Waals surface area (Å²) >= 11 is 0. The van der Waals surface area contributed by atoms with Crippen molar-refractivity contribution in [3.63, 3.8) is 0 Å². The summed E-state index contributed by atoms with van der Waals surface area (Å²) in [5, 5.41) is 13.1. The first-order chi connectivity index (χ1) is 12.9. The summed E-state index contributed by atoms with van der Waals surface area (Å²) in [5.74, 6) is -0.730. The third-order valence-electron chi connectivity index (χ3n) is 4.80. The minimum atomic E-state index is -1.11. The fraction of sp³-hybridized carbons (Fsp3) is 0.474. The molecule has 144 valence electrons. The van der Waals surface area contributed by atoms with Crippen molar-refractivity contribution in [2.24, 2.45) is 5.92 Å². The Balaban J connectivity index is 1.78. The summed E-state index contributed by atoms with van der Waals surface area (Å²) in [5.41, 5.74) is 1.30. The molecule has 0 aromatic carbocycles. The number of aromatic nitrogens is 2. The van der Waals surface area contributed by atoms with Gasteiger partial charge in [-0.3, -0.25) is 4.79 Å². The Hall–Kier alpha value is -2.90. The highest BCUT2D eigenvalue weighted by molar-refractivity contribution is 5.94.